The van der Waals surface area contributed by atoms with E-state index in [0.717, 1.165) is 30.8 Å². The van der Waals surface area contributed by atoms with Crippen LogP contribution >= 0.6 is 0 Å². The lowest BCUT2D eigenvalue weighted by atomic mass is 10.0. The highest BCUT2D eigenvalue weighted by Gasteiger charge is 2.41. The summed E-state index contributed by atoms with van der Waals surface area (Å²) in [4.78, 5) is 37.8. The highest BCUT2D eigenvalue weighted by atomic mass is 16.5. The molecule has 1 aromatic carbocycles. The van der Waals surface area contributed by atoms with Crippen molar-refractivity contribution < 1.29 is 19.1 Å². The Morgan fingerprint density at radius 2 is 1.91 bits per heavy atom. The van der Waals surface area contributed by atoms with Gasteiger partial charge in [0.05, 0.1) is 18.4 Å². The fourth-order valence-corrected chi connectivity index (χ4v) is 4.55. The maximum absolute atomic E-state index is 13.0. The maximum atomic E-state index is 13.0. The summed E-state index contributed by atoms with van der Waals surface area (Å²) in [5, 5.41) is 3.10. The van der Waals surface area contributed by atoms with Gasteiger partial charge in [-0.2, -0.15) is 4.98 Å². The minimum atomic E-state index is -0.356. The Bertz CT molecular complexity index is 991. The third-order valence-electron chi connectivity index (χ3n) is 6.25. The molecule has 1 aliphatic carbocycles. The van der Waals surface area contributed by atoms with Crippen molar-refractivity contribution in [2.24, 2.45) is 0 Å². The monoisotopic (exact) mass is 453 g/mol. The number of aromatic nitrogens is 2. The third kappa shape index (κ3) is 4.72. The fourth-order valence-electron chi connectivity index (χ4n) is 4.55. The third-order valence-corrected chi connectivity index (χ3v) is 6.25. The van der Waals surface area contributed by atoms with Crippen molar-refractivity contribution in [3.63, 3.8) is 0 Å². The van der Waals surface area contributed by atoms with Crippen molar-refractivity contribution in [3.05, 3.63) is 36.0 Å². The number of amides is 1. The number of carbonyl (C=O) groups is 2. The smallest absolute Gasteiger partial charge is 0.338 e. The van der Waals surface area contributed by atoms with Crippen LogP contribution in [0.2, 0.25) is 0 Å². The number of hydrogen-bond donors (Lipinski definition) is 1. The number of likely N-dealkylation sites (N-methyl/N-ethyl adjacent to an activating group) is 1. The summed E-state index contributed by atoms with van der Waals surface area (Å²) < 4.78 is 10.7. The maximum Gasteiger partial charge on any atom is 0.338 e. The molecule has 1 atom stereocenters. The predicted molar refractivity (Wildman–Crippen MR) is 126 cm³/mol. The van der Waals surface area contributed by atoms with Crippen LogP contribution in [0.15, 0.2) is 30.5 Å². The van der Waals surface area contributed by atoms with Gasteiger partial charge in [-0.1, -0.05) is 19.8 Å². The van der Waals surface area contributed by atoms with Gasteiger partial charge in [0.15, 0.2) is 12.5 Å². The minimum Gasteiger partial charge on any atom is -0.473 e. The largest absolute Gasteiger partial charge is 0.473 e. The molecule has 4 rings (SSSR count). The van der Waals surface area contributed by atoms with Crippen LogP contribution in [0.25, 0.3) is 0 Å². The first-order valence-corrected chi connectivity index (χ1v) is 11.6. The molecule has 2 aliphatic rings. The Kier molecular flexibility index (Phi) is 6.96. The van der Waals surface area contributed by atoms with E-state index in [4.69, 9.17) is 14.5 Å². The van der Waals surface area contributed by atoms with Crippen LogP contribution < -0.4 is 19.9 Å². The molecule has 1 fully saturated rings. The lowest BCUT2D eigenvalue weighted by Crippen LogP contribution is -2.55. The normalized spacial score (nSPS) is 18.3. The fraction of sp³-hybridized carbons (Fsp3) is 0.500. The van der Waals surface area contributed by atoms with Crippen molar-refractivity contribution in [2.75, 3.05) is 35.5 Å². The van der Waals surface area contributed by atoms with Crippen LogP contribution in [-0.4, -0.2) is 54.3 Å². The van der Waals surface area contributed by atoms with Crippen molar-refractivity contribution >= 4 is 29.3 Å². The zero-order chi connectivity index (χ0) is 23.4. The van der Waals surface area contributed by atoms with E-state index in [-0.39, 0.29) is 24.6 Å². The molecule has 9 heteroatoms. The first-order valence-electron chi connectivity index (χ1n) is 11.6. The molecule has 33 heavy (non-hydrogen) atoms. The van der Waals surface area contributed by atoms with Gasteiger partial charge in [-0.25, -0.2) is 9.78 Å². The molecule has 176 valence electrons. The lowest BCUT2D eigenvalue weighted by Gasteiger charge is -2.43. The summed E-state index contributed by atoms with van der Waals surface area (Å²) >= 11 is 0. The molecule has 1 N–H and O–H groups in total. The molecule has 0 radical (unpaired) electrons. The van der Waals surface area contributed by atoms with Gasteiger partial charge in [-0.3, -0.25) is 4.79 Å². The van der Waals surface area contributed by atoms with Gasteiger partial charge < -0.3 is 24.6 Å². The van der Waals surface area contributed by atoms with Gasteiger partial charge in [0.25, 0.3) is 0 Å². The summed E-state index contributed by atoms with van der Waals surface area (Å²) in [6.07, 6.45) is 6.93. The number of fused-ring (bicyclic) bond motifs is 1. The predicted octanol–water partition coefficient (Wildman–Crippen LogP) is 3.61. The average Bonchev–Trinajstić information content (AvgIpc) is 3.36. The Morgan fingerprint density at radius 3 is 2.58 bits per heavy atom. The molecule has 1 aromatic heterocycles. The molecule has 9 nitrogen and oxygen atoms in total. The molecule has 1 aliphatic heterocycles. The number of rotatable bonds is 8. The molecule has 0 spiro atoms. The molecule has 0 saturated heterocycles. The van der Waals surface area contributed by atoms with Gasteiger partial charge in [-0.15, -0.1) is 0 Å². The molecular weight excluding hydrogens is 422 g/mol. The number of hydrogen-bond acceptors (Lipinski definition) is 8. The standard InChI is InChI=1S/C24H31N5O4/c1-4-19-22(30)28(3)20-14-25-24(27-21(20)29(19)17-8-6-7-9-17)26-15-33-18-12-10-16(11-13-18)23(31)32-5-2/h10-14,17,19H,4-9,15H2,1-3H3,(H,25,26,27)/t19-/m1/s1. The van der Waals surface area contributed by atoms with Crippen LogP contribution in [0.1, 0.15) is 56.3 Å². The lowest BCUT2D eigenvalue weighted by molar-refractivity contribution is -0.120. The second-order valence-electron chi connectivity index (χ2n) is 8.28. The summed E-state index contributed by atoms with van der Waals surface area (Å²) in [7, 11) is 1.79. The van der Waals surface area contributed by atoms with Crippen molar-refractivity contribution in [3.8, 4) is 5.75 Å². The van der Waals surface area contributed by atoms with Crippen molar-refractivity contribution in [2.45, 2.75) is 58.0 Å². The van der Waals surface area contributed by atoms with Crippen LogP contribution in [0.4, 0.5) is 17.5 Å². The Labute approximate surface area is 194 Å². The highest BCUT2D eigenvalue weighted by molar-refractivity contribution is 6.04. The first kappa shape index (κ1) is 22.8. The molecule has 1 saturated carbocycles. The number of esters is 1. The van der Waals surface area contributed by atoms with Gasteiger partial charge in [0, 0.05) is 13.1 Å². The molecule has 2 aromatic rings. The van der Waals surface area contributed by atoms with E-state index in [1.807, 2.05) is 6.92 Å². The zero-order valence-electron chi connectivity index (χ0n) is 19.4. The van der Waals surface area contributed by atoms with Crippen LogP contribution in [0.3, 0.4) is 0 Å². The van der Waals surface area contributed by atoms with Crippen LogP contribution in [-0.2, 0) is 9.53 Å². The summed E-state index contributed by atoms with van der Waals surface area (Å²) in [6, 6.07) is 6.89. The Hall–Kier alpha value is -3.36. The van der Waals surface area contributed by atoms with E-state index in [2.05, 4.69) is 15.2 Å². The number of carbonyl (C=O) groups excluding carboxylic acids is 2. The van der Waals surface area contributed by atoms with Gasteiger partial charge in [-0.05, 0) is 50.5 Å². The van der Waals surface area contributed by atoms with Crippen LogP contribution in [0.5, 0.6) is 5.75 Å². The SMILES string of the molecule is CCOC(=O)c1ccc(OCNc2ncc3c(n2)N(C2CCCC2)[C@H](CC)C(=O)N3C)cc1. The van der Waals surface area contributed by atoms with E-state index in [1.54, 1.807) is 49.3 Å². The van der Waals surface area contributed by atoms with Gasteiger partial charge in [0.1, 0.15) is 17.5 Å². The molecule has 2 heterocycles. The van der Waals surface area contributed by atoms with Gasteiger partial charge in [0.2, 0.25) is 11.9 Å². The number of anilines is 3. The van der Waals surface area contributed by atoms with Crippen LogP contribution in [0, 0.1) is 0 Å². The molecule has 0 unspecified atom stereocenters. The Morgan fingerprint density at radius 1 is 1.18 bits per heavy atom. The summed E-state index contributed by atoms with van der Waals surface area (Å²) in [5.41, 5.74) is 1.21. The van der Waals surface area contributed by atoms with Crippen molar-refractivity contribution in [1.29, 1.82) is 0 Å². The van der Waals surface area contributed by atoms with E-state index < -0.39 is 0 Å². The zero-order valence-corrected chi connectivity index (χ0v) is 19.4. The number of nitrogens with zero attached hydrogens (tertiary/aromatic N) is 4. The topological polar surface area (TPSA) is 96.9 Å². The van der Waals surface area contributed by atoms with E-state index in [1.165, 1.54) is 12.8 Å². The first-order chi connectivity index (χ1) is 16.0. The second-order valence-corrected chi connectivity index (χ2v) is 8.28. The minimum absolute atomic E-state index is 0.0933. The second kappa shape index (κ2) is 10.1. The Balaban J connectivity index is 1.46. The highest BCUT2D eigenvalue weighted by Crippen LogP contribution is 2.39. The average molecular weight is 454 g/mol. The van der Waals surface area contributed by atoms with E-state index >= 15 is 0 Å². The number of nitrogens with one attached hydrogen (secondary N) is 1. The van der Waals surface area contributed by atoms with Gasteiger partial charge >= 0.3 is 5.97 Å². The van der Waals surface area contributed by atoms with E-state index in [0.29, 0.717) is 29.9 Å². The molecule has 0 bridgehead atoms. The summed E-state index contributed by atoms with van der Waals surface area (Å²) in [5.74, 6) is 1.59. The summed E-state index contributed by atoms with van der Waals surface area (Å²) in [6.45, 7) is 4.32. The molecular formula is C24H31N5O4. The quantitative estimate of drug-likeness (QED) is 0.478. The molecule has 1 amide bonds. The number of ether oxygens (including phenoxy) is 2. The van der Waals surface area contributed by atoms with Crippen molar-refractivity contribution in [1.82, 2.24) is 9.97 Å². The van der Waals surface area contributed by atoms with E-state index in [9.17, 15) is 9.59 Å². The number of benzene rings is 1.